The Hall–Kier alpha value is -2.90. The molecule has 0 aliphatic rings. The Morgan fingerprint density at radius 2 is 1.71 bits per heavy atom. The molecule has 192 valence electrons. The second-order valence-corrected chi connectivity index (χ2v) is 8.65. The fourth-order valence-electron chi connectivity index (χ4n) is 2.75. The average molecular weight is 509 g/mol. The van der Waals surface area contributed by atoms with Gasteiger partial charge in [-0.15, -0.1) is 0 Å². The summed E-state index contributed by atoms with van der Waals surface area (Å²) in [6, 6.07) is 9.04. The Kier molecular flexibility index (Phi) is 12.9. The number of aromatic nitrogens is 1. The Labute approximate surface area is 205 Å². The van der Waals surface area contributed by atoms with E-state index < -0.39 is 10.1 Å². The minimum Gasteiger partial charge on any atom is -0.379 e. The quantitative estimate of drug-likeness (QED) is 0.127. The summed E-state index contributed by atoms with van der Waals surface area (Å²) < 4.78 is 48.2. The van der Waals surface area contributed by atoms with Gasteiger partial charge >= 0.3 is 0 Å². The maximum atomic E-state index is 12.2. The second-order valence-electron chi connectivity index (χ2n) is 7.26. The molecule has 1 heterocycles. The number of anilines is 1. The highest BCUT2D eigenvalue weighted by Crippen LogP contribution is 2.13. The van der Waals surface area contributed by atoms with Gasteiger partial charge < -0.3 is 19.5 Å². The first-order valence-electron chi connectivity index (χ1n) is 11.2. The Balaban J connectivity index is 1.63. The molecule has 1 amide bonds. The highest BCUT2D eigenvalue weighted by Gasteiger charge is 2.13. The third kappa shape index (κ3) is 11.4. The van der Waals surface area contributed by atoms with Gasteiger partial charge in [0.05, 0.1) is 38.2 Å². The zero-order valence-electron chi connectivity index (χ0n) is 19.7. The van der Waals surface area contributed by atoms with E-state index in [4.69, 9.17) is 14.2 Å². The van der Waals surface area contributed by atoms with Gasteiger partial charge in [-0.2, -0.15) is 13.5 Å². The van der Waals surface area contributed by atoms with Crippen LogP contribution in [0.3, 0.4) is 0 Å². The van der Waals surface area contributed by atoms with E-state index in [1.807, 2.05) is 0 Å². The van der Waals surface area contributed by atoms with E-state index in [0.717, 1.165) is 13.0 Å². The number of benzene rings is 1. The summed E-state index contributed by atoms with van der Waals surface area (Å²) in [4.78, 5) is 16.1. The normalized spacial score (nSPS) is 11.6. The summed E-state index contributed by atoms with van der Waals surface area (Å²) in [7, 11) is -4.36. The lowest BCUT2D eigenvalue weighted by Gasteiger charge is -2.08. The number of carbonyl (C=O) groups is 1. The van der Waals surface area contributed by atoms with E-state index in [0.29, 0.717) is 57.4 Å². The summed E-state index contributed by atoms with van der Waals surface area (Å²) in [6.45, 7) is 5.91. The largest absolute Gasteiger partial charge is 0.379 e. The highest BCUT2D eigenvalue weighted by molar-refractivity contribution is 7.86. The van der Waals surface area contributed by atoms with Crippen LogP contribution >= 0.6 is 0 Å². The Morgan fingerprint density at radius 3 is 2.37 bits per heavy atom. The van der Waals surface area contributed by atoms with Crippen LogP contribution in [0.15, 0.2) is 52.6 Å². The van der Waals surface area contributed by atoms with E-state index in [1.54, 1.807) is 18.2 Å². The Bertz CT molecular complexity index is 1030. The van der Waals surface area contributed by atoms with Crippen molar-refractivity contribution in [1.29, 1.82) is 0 Å². The van der Waals surface area contributed by atoms with Crippen LogP contribution in [-0.2, 0) is 24.3 Å². The number of rotatable bonds is 17. The Morgan fingerprint density at radius 1 is 1.03 bits per heavy atom. The third-order valence-corrected chi connectivity index (χ3v) is 5.38. The molecule has 35 heavy (non-hydrogen) atoms. The molecular formula is C23H32N4O7S. The number of nitrogens with zero attached hydrogens (tertiary/aromatic N) is 2. The fourth-order valence-corrected chi connectivity index (χ4v) is 3.42. The first-order valence-corrected chi connectivity index (χ1v) is 12.7. The molecule has 0 aliphatic carbocycles. The molecule has 0 atom stereocenters. The predicted octanol–water partition coefficient (Wildman–Crippen LogP) is 2.35. The van der Waals surface area contributed by atoms with Crippen molar-refractivity contribution >= 4 is 28.1 Å². The molecule has 12 heteroatoms. The lowest BCUT2D eigenvalue weighted by molar-refractivity contribution is 0.0143. The van der Waals surface area contributed by atoms with Crippen LogP contribution in [0.5, 0.6) is 0 Å². The summed E-state index contributed by atoms with van der Waals surface area (Å²) in [5.74, 6) is 0.0970. The topological polar surface area (TPSA) is 148 Å². The number of pyridine rings is 1. The smallest absolute Gasteiger partial charge is 0.295 e. The number of hydrazone groups is 1. The molecule has 0 unspecified atom stereocenters. The number of hydrogen-bond acceptors (Lipinski definition) is 9. The van der Waals surface area contributed by atoms with Crippen molar-refractivity contribution in [3.05, 3.63) is 53.7 Å². The summed E-state index contributed by atoms with van der Waals surface area (Å²) in [6.07, 6.45) is 4.31. The van der Waals surface area contributed by atoms with Crippen LogP contribution in [0.2, 0.25) is 0 Å². The molecule has 0 saturated heterocycles. The molecule has 11 nitrogen and oxygen atoms in total. The van der Waals surface area contributed by atoms with Gasteiger partial charge in [-0.05, 0) is 31.0 Å². The van der Waals surface area contributed by atoms with Crippen molar-refractivity contribution in [2.24, 2.45) is 5.10 Å². The minimum atomic E-state index is -4.36. The van der Waals surface area contributed by atoms with Crippen LogP contribution in [0.4, 0.5) is 5.82 Å². The van der Waals surface area contributed by atoms with Crippen LogP contribution in [0.1, 0.15) is 35.7 Å². The standard InChI is InChI=1S/C23H32N4O7S/c1-2-11-32-13-15-34-16-14-33-12-5-10-24-23(28)20-8-9-22(25-17-20)27-26-18-19-6-3-4-7-21(19)35(29,30)31/h3-4,6-9,17-18H,2,5,10-16H2,1H3,(H,24,28)(H,25,27)(H,29,30,31)/b26-18+. The SMILES string of the molecule is CCCOCCOCCOCCCNC(=O)c1ccc(N/N=C/c2ccccc2S(=O)(=O)O)nc1. The molecule has 3 N–H and O–H groups in total. The van der Waals surface area contributed by atoms with E-state index in [2.05, 4.69) is 27.8 Å². The zero-order chi connectivity index (χ0) is 25.4. The molecule has 0 fully saturated rings. The highest BCUT2D eigenvalue weighted by atomic mass is 32.2. The van der Waals surface area contributed by atoms with Gasteiger partial charge in [0.15, 0.2) is 0 Å². The molecule has 2 rings (SSSR count). The lowest BCUT2D eigenvalue weighted by Crippen LogP contribution is -2.25. The molecule has 0 radical (unpaired) electrons. The maximum Gasteiger partial charge on any atom is 0.295 e. The lowest BCUT2D eigenvalue weighted by atomic mass is 10.2. The van der Waals surface area contributed by atoms with Gasteiger partial charge in [0, 0.05) is 31.5 Å². The van der Waals surface area contributed by atoms with E-state index >= 15 is 0 Å². The van der Waals surface area contributed by atoms with Crippen molar-refractivity contribution in [3.8, 4) is 0 Å². The zero-order valence-corrected chi connectivity index (χ0v) is 20.5. The molecule has 0 saturated carbocycles. The fraction of sp³-hybridized carbons (Fsp3) is 0.435. The summed E-state index contributed by atoms with van der Waals surface area (Å²) in [5.41, 5.74) is 3.25. The molecule has 0 spiro atoms. The van der Waals surface area contributed by atoms with Gasteiger partial charge in [-0.1, -0.05) is 25.1 Å². The van der Waals surface area contributed by atoms with Crippen LogP contribution in [0, 0.1) is 0 Å². The van der Waals surface area contributed by atoms with Crippen molar-refractivity contribution in [2.75, 3.05) is 51.6 Å². The summed E-state index contributed by atoms with van der Waals surface area (Å²) in [5, 5.41) is 6.73. The number of nitrogens with one attached hydrogen (secondary N) is 2. The first kappa shape index (κ1) is 28.3. The predicted molar refractivity (Wildman–Crippen MR) is 131 cm³/mol. The van der Waals surface area contributed by atoms with Gasteiger partial charge in [0.1, 0.15) is 10.7 Å². The molecular weight excluding hydrogens is 476 g/mol. The van der Waals surface area contributed by atoms with Crippen molar-refractivity contribution < 1.29 is 32.0 Å². The average Bonchev–Trinajstić information content (AvgIpc) is 2.84. The number of amides is 1. The number of ether oxygens (including phenoxy) is 3. The van der Waals surface area contributed by atoms with Gasteiger partial charge in [0.2, 0.25) is 0 Å². The van der Waals surface area contributed by atoms with Crippen molar-refractivity contribution in [3.63, 3.8) is 0 Å². The second kappa shape index (κ2) is 15.9. The van der Waals surface area contributed by atoms with Gasteiger partial charge in [-0.25, -0.2) is 4.98 Å². The number of hydrogen-bond donors (Lipinski definition) is 3. The van der Waals surface area contributed by atoms with Crippen molar-refractivity contribution in [2.45, 2.75) is 24.7 Å². The van der Waals surface area contributed by atoms with E-state index in [-0.39, 0.29) is 16.4 Å². The van der Waals surface area contributed by atoms with Crippen LogP contribution in [0.25, 0.3) is 0 Å². The number of carbonyl (C=O) groups excluding carboxylic acids is 1. The maximum absolute atomic E-state index is 12.2. The molecule has 1 aromatic heterocycles. The first-order chi connectivity index (χ1) is 16.9. The minimum absolute atomic E-state index is 0.215. The molecule has 0 aliphatic heterocycles. The van der Waals surface area contributed by atoms with Gasteiger partial charge in [0.25, 0.3) is 16.0 Å². The summed E-state index contributed by atoms with van der Waals surface area (Å²) >= 11 is 0. The molecule has 2 aromatic rings. The van der Waals surface area contributed by atoms with Crippen LogP contribution in [-0.4, -0.2) is 76.3 Å². The van der Waals surface area contributed by atoms with E-state index in [1.165, 1.54) is 30.6 Å². The third-order valence-electron chi connectivity index (χ3n) is 4.45. The van der Waals surface area contributed by atoms with E-state index in [9.17, 15) is 17.8 Å². The van der Waals surface area contributed by atoms with Crippen molar-refractivity contribution in [1.82, 2.24) is 10.3 Å². The van der Waals surface area contributed by atoms with Crippen LogP contribution < -0.4 is 10.7 Å². The molecule has 0 bridgehead atoms. The molecule has 1 aromatic carbocycles. The monoisotopic (exact) mass is 508 g/mol. The van der Waals surface area contributed by atoms with Gasteiger partial charge in [-0.3, -0.25) is 14.8 Å².